The number of rotatable bonds is 6. The van der Waals surface area contributed by atoms with Crippen molar-refractivity contribution >= 4 is 22.4 Å². The van der Waals surface area contributed by atoms with E-state index in [0.717, 1.165) is 22.7 Å². The molecule has 186 valence electrons. The van der Waals surface area contributed by atoms with Crippen LogP contribution in [0.4, 0.5) is 23.2 Å². The molecule has 0 bridgehead atoms. The van der Waals surface area contributed by atoms with Crippen molar-refractivity contribution in [2.45, 2.75) is 12.6 Å². The van der Waals surface area contributed by atoms with Gasteiger partial charge in [0.1, 0.15) is 5.82 Å². The van der Waals surface area contributed by atoms with Crippen LogP contribution in [0, 0.1) is 5.82 Å². The van der Waals surface area contributed by atoms with Crippen molar-refractivity contribution < 1.29 is 22.4 Å². The largest absolute Gasteiger partial charge is 0.416 e. The molecule has 1 saturated heterocycles. The molecule has 0 aliphatic carbocycles. The molecule has 2 heterocycles. The lowest BCUT2D eigenvalue weighted by Gasteiger charge is -2.36. The van der Waals surface area contributed by atoms with E-state index in [4.69, 9.17) is 0 Å². The van der Waals surface area contributed by atoms with Crippen LogP contribution in [0.1, 0.15) is 22.3 Å². The van der Waals surface area contributed by atoms with Crippen LogP contribution >= 0.6 is 0 Å². The summed E-state index contributed by atoms with van der Waals surface area (Å²) in [6, 6.07) is 19.2. The number of ketones is 1. The first kappa shape index (κ1) is 24.1. The summed E-state index contributed by atoms with van der Waals surface area (Å²) in [7, 11) is 0. The lowest BCUT2D eigenvalue weighted by molar-refractivity contribution is -0.137. The molecule has 1 aliphatic heterocycles. The zero-order valence-corrected chi connectivity index (χ0v) is 19.5. The first-order valence-electron chi connectivity index (χ1n) is 11.8. The normalized spacial score (nSPS) is 14.9. The second-order valence-electron chi connectivity index (χ2n) is 8.96. The highest BCUT2D eigenvalue weighted by Gasteiger charge is 2.31. The average Bonchev–Trinajstić information content (AvgIpc) is 3.27. The first-order valence-corrected chi connectivity index (χ1v) is 11.8. The molecule has 1 aliphatic rings. The minimum atomic E-state index is -4.36. The van der Waals surface area contributed by atoms with Crippen molar-refractivity contribution in [2.24, 2.45) is 0 Å². The van der Waals surface area contributed by atoms with Gasteiger partial charge in [-0.15, -0.1) is 0 Å². The molecule has 0 atom stereocenters. The third kappa shape index (κ3) is 4.99. The Hall–Kier alpha value is -3.65. The van der Waals surface area contributed by atoms with Gasteiger partial charge in [-0.2, -0.15) is 13.2 Å². The Morgan fingerprint density at radius 3 is 2.28 bits per heavy atom. The number of anilines is 1. The van der Waals surface area contributed by atoms with Gasteiger partial charge >= 0.3 is 6.18 Å². The molecule has 0 radical (unpaired) electrons. The van der Waals surface area contributed by atoms with E-state index in [0.29, 0.717) is 50.4 Å². The number of halogens is 4. The Morgan fingerprint density at radius 1 is 0.833 bits per heavy atom. The SMILES string of the molecule is O=C(CCN1CCN(c2cccc(C(F)(F)F)c2)CC1)c1cn(-c2ccc(F)cc2)c2ccccc12. The van der Waals surface area contributed by atoms with Crippen LogP contribution in [0.25, 0.3) is 16.6 Å². The van der Waals surface area contributed by atoms with Gasteiger partial charge in [0.2, 0.25) is 0 Å². The van der Waals surface area contributed by atoms with E-state index in [1.54, 1.807) is 18.2 Å². The van der Waals surface area contributed by atoms with Gasteiger partial charge in [-0.1, -0.05) is 24.3 Å². The van der Waals surface area contributed by atoms with Gasteiger partial charge in [-0.3, -0.25) is 9.69 Å². The van der Waals surface area contributed by atoms with Gasteiger partial charge in [0, 0.05) is 67.7 Å². The predicted molar refractivity (Wildman–Crippen MR) is 132 cm³/mol. The molecular weight excluding hydrogens is 470 g/mol. The van der Waals surface area contributed by atoms with E-state index < -0.39 is 11.7 Å². The minimum absolute atomic E-state index is 0.0207. The van der Waals surface area contributed by atoms with Crippen LogP contribution < -0.4 is 4.90 Å². The zero-order valence-electron chi connectivity index (χ0n) is 19.5. The highest BCUT2D eigenvalue weighted by molar-refractivity contribution is 6.08. The molecule has 0 unspecified atom stereocenters. The average molecular weight is 496 g/mol. The standard InChI is InChI=1S/C28H25F4N3O/c29-21-8-10-22(11-9-21)35-19-25(24-6-1-2-7-26(24)35)27(36)12-13-33-14-16-34(17-15-33)23-5-3-4-20(18-23)28(30,31)32/h1-11,18-19H,12-17H2. The lowest BCUT2D eigenvalue weighted by Crippen LogP contribution is -2.47. The smallest absolute Gasteiger partial charge is 0.369 e. The predicted octanol–water partition coefficient (Wildman–Crippen LogP) is 6.18. The van der Waals surface area contributed by atoms with Gasteiger partial charge in [-0.05, 0) is 48.5 Å². The lowest BCUT2D eigenvalue weighted by atomic mass is 10.1. The molecule has 0 spiro atoms. The van der Waals surface area contributed by atoms with Crippen LogP contribution in [0.15, 0.2) is 79.0 Å². The third-order valence-electron chi connectivity index (χ3n) is 6.68. The minimum Gasteiger partial charge on any atom is -0.369 e. The van der Waals surface area contributed by atoms with Gasteiger partial charge < -0.3 is 9.47 Å². The van der Waals surface area contributed by atoms with E-state index in [9.17, 15) is 22.4 Å². The van der Waals surface area contributed by atoms with Gasteiger partial charge in [0.15, 0.2) is 5.78 Å². The summed E-state index contributed by atoms with van der Waals surface area (Å²) in [5.41, 5.74) is 2.19. The molecule has 8 heteroatoms. The fraction of sp³-hybridized carbons (Fsp3) is 0.250. The van der Waals surface area contributed by atoms with Crippen molar-refractivity contribution in [2.75, 3.05) is 37.6 Å². The summed E-state index contributed by atoms with van der Waals surface area (Å²) in [6.45, 7) is 3.10. The number of Topliss-reactive ketones (excluding diaryl/α,β-unsaturated/α-hetero) is 1. The zero-order chi connectivity index (χ0) is 25.3. The number of nitrogens with zero attached hydrogens (tertiary/aromatic N) is 3. The summed E-state index contributed by atoms with van der Waals surface area (Å²) in [5.74, 6) is -0.299. The second kappa shape index (κ2) is 9.78. The van der Waals surface area contributed by atoms with Crippen LogP contribution in [-0.2, 0) is 6.18 Å². The van der Waals surface area contributed by atoms with Gasteiger partial charge in [0.05, 0.1) is 11.1 Å². The van der Waals surface area contributed by atoms with Crippen molar-refractivity contribution in [1.82, 2.24) is 9.47 Å². The number of para-hydroxylation sites is 1. The third-order valence-corrected chi connectivity index (χ3v) is 6.68. The number of carbonyl (C=O) groups excluding carboxylic acids is 1. The topological polar surface area (TPSA) is 28.5 Å². The monoisotopic (exact) mass is 495 g/mol. The fourth-order valence-corrected chi connectivity index (χ4v) is 4.72. The quantitative estimate of drug-likeness (QED) is 0.236. The van der Waals surface area contributed by atoms with Crippen LogP contribution in [0.5, 0.6) is 0 Å². The van der Waals surface area contributed by atoms with Crippen LogP contribution in [0.3, 0.4) is 0 Å². The molecule has 1 fully saturated rings. The first-order chi connectivity index (χ1) is 17.3. The maximum atomic E-state index is 13.4. The molecular formula is C28H25F4N3O. The van der Waals surface area contributed by atoms with E-state index >= 15 is 0 Å². The maximum absolute atomic E-state index is 13.4. The number of hydrogen-bond donors (Lipinski definition) is 0. The molecule has 36 heavy (non-hydrogen) atoms. The summed E-state index contributed by atoms with van der Waals surface area (Å²) >= 11 is 0. The molecule has 0 N–H and O–H groups in total. The maximum Gasteiger partial charge on any atom is 0.416 e. The fourth-order valence-electron chi connectivity index (χ4n) is 4.72. The van der Waals surface area contributed by atoms with Crippen molar-refractivity contribution in [1.29, 1.82) is 0 Å². The molecule has 1 aromatic heterocycles. The number of benzene rings is 3. The highest BCUT2D eigenvalue weighted by Crippen LogP contribution is 2.32. The summed E-state index contributed by atoms with van der Waals surface area (Å²) in [4.78, 5) is 17.3. The molecule has 4 nitrogen and oxygen atoms in total. The van der Waals surface area contributed by atoms with Crippen molar-refractivity contribution in [3.63, 3.8) is 0 Å². The second-order valence-corrected chi connectivity index (χ2v) is 8.96. The van der Waals surface area contributed by atoms with E-state index in [2.05, 4.69) is 4.90 Å². The number of carbonyl (C=O) groups is 1. The van der Waals surface area contributed by atoms with Crippen LogP contribution in [-0.4, -0.2) is 48.0 Å². The Balaban J connectivity index is 1.24. The van der Waals surface area contributed by atoms with Gasteiger partial charge in [0.25, 0.3) is 0 Å². The Kier molecular flexibility index (Phi) is 6.53. The molecule has 0 amide bonds. The molecule has 4 aromatic rings. The van der Waals surface area contributed by atoms with Gasteiger partial charge in [-0.25, -0.2) is 4.39 Å². The summed E-state index contributed by atoms with van der Waals surface area (Å²) in [6.07, 6.45) is -2.22. The van der Waals surface area contributed by atoms with Crippen LogP contribution in [0.2, 0.25) is 0 Å². The summed E-state index contributed by atoms with van der Waals surface area (Å²) < 4.78 is 54.4. The Bertz CT molecular complexity index is 1370. The number of hydrogen-bond acceptors (Lipinski definition) is 3. The van der Waals surface area contributed by atoms with Crippen molar-refractivity contribution in [3.05, 3.63) is 95.9 Å². The highest BCUT2D eigenvalue weighted by atomic mass is 19.4. The van der Waals surface area contributed by atoms with E-state index in [-0.39, 0.29) is 11.6 Å². The molecule has 3 aromatic carbocycles. The summed E-state index contributed by atoms with van der Waals surface area (Å²) in [5, 5.41) is 0.848. The number of aromatic nitrogens is 1. The number of alkyl halides is 3. The van der Waals surface area contributed by atoms with E-state index in [1.165, 1.54) is 24.3 Å². The molecule has 0 saturated carbocycles. The van der Waals surface area contributed by atoms with E-state index in [1.807, 2.05) is 39.9 Å². The number of fused-ring (bicyclic) bond motifs is 1. The van der Waals surface area contributed by atoms with Crippen molar-refractivity contribution in [3.8, 4) is 5.69 Å². The molecule has 5 rings (SSSR count). The Morgan fingerprint density at radius 2 is 1.56 bits per heavy atom. The Labute approximate surface area is 206 Å². The number of piperazine rings is 1.